The molecule has 0 atom stereocenters. The molecule has 0 spiro atoms. The molecule has 3 aromatic rings. The molecular weight excluding hydrogens is 457 g/mol. The first-order valence-corrected chi connectivity index (χ1v) is 11.6. The van der Waals surface area contributed by atoms with Crippen LogP contribution in [0.1, 0.15) is 41.7 Å². The summed E-state index contributed by atoms with van der Waals surface area (Å²) in [7, 11) is 0. The predicted molar refractivity (Wildman–Crippen MR) is 123 cm³/mol. The second kappa shape index (κ2) is 8.51. The van der Waals surface area contributed by atoms with Gasteiger partial charge >= 0.3 is 0 Å². The molecule has 1 amide bonds. The average Bonchev–Trinajstić information content (AvgIpc) is 3.20. The highest BCUT2D eigenvalue weighted by molar-refractivity contribution is 6.35. The van der Waals surface area contributed by atoms with Crippen LogP contribution in [-0.2, 0) is 13.0 Å². The first-order chi connectivity index (χ1) is 15.0. The molecule has 4 heterocycles. The van der Waals surface area contributed by atoms with Gasteiger partial charge in [0.05, 0.1) is 22.1 Å². The Bertz CT molecular complexity index is 1140. The van der Waals surface area contributed by atoms with Crippen LogP contribution >= 0.6 is 34.8 Å². The van der Waals surface area contributed by atoms with Gasteiger partial charge in [0, 0.05) is 30.2 Å². The molecule has 2 aromatic heterocycles. The van der Waals surface area contributed by atoms with Gasteiger partial charge in [-0.05, 0) is 49.6 Å². The lowest BCUT2D eigenvalue weighted by Crippen LogP contribution is -2.43. The van der Waals surface area contributed by atoms with E-state index in [1.54, 1.807) is 16.8 Å². The fraction of sp³-hybridized carbons (Fsp3) is 0.364. The maximum Gasteiger partial charge on any atom is 0.286 e. The Morgan fingerprint density at radius 1 is 0.968 bits per heavy atom. The van der Waals surface area contributed by atoms with Crippen molar-refractivity contribution in [3.63, 3.8) is 0 Å². The van der Waals surface area contributed by atoms with Crippen LogP contribution in [0.15, 0.2) is 30.3 Å². The van der Waals surface area contributed by atoms with Gasteiger partial charge in [-0.15, -0.1) is 0 Å². The molecular formula is C22H22Cl3N5O. The number of hydrazine groups is 1. The molecule has 6 nitrogen and oxygen atoms in total. The highest BCUT2D eigenvalue weighted by Gasteiger charge is 2.31. The predicted octanol–water partition coefficient (Wildman–Crippen LogP) is 5.38. The van der Waals surface area contributed by atoms with Gasteiger partial charge in [0.1, 0.15) is 5.15 Å². The normalized spacial score (nSPS) is 16.5. The number of hydrogen-bond donors (Lipinski definition) is 1. The number of hydrogen-bond acceptors (Lipinski definition) is 3. The molecule has 0 unspecified atom stereocenters. The number of carbonyl (C=O) groups excluding carboxylic acids is 1. The molecule has 0 saturated carbocycles. The van der Waals surface area contributed by atoms with Crippen molar-refractivity contribution in [1.29, 1.82) is 0 Å². The number of nitrogens with one attached hydrogen (secondary N) is 1. The quantitative estimate of drug-likeness (QED) is 0.550. The minimum absolute atomic E-state index is 0.187. The maximum absolute atomic E-state index is 13.3. The Morgan fingerprint density at radius 2 is 1.74 bits per heavy atom. The summed E-state index contributed by atoms with van der Waals surface area (Å²) in [5, 5.41) is 8.42. The van der Waals surface area contributed by atoms with E-state index in [0.717, 1.165) is 42.9 Å². The number of amides is 1. The van der Waals surface area contributed by atoms with Crippen molar-refractivity contribution < 1.29 is 4.79 Å². The fourth-order valence-corrected chi connectivity index (χ4v) is 5.17. The molecule has 0 bridgehead atoms. The molecule has 1 N–H and O–H groups in total. The van der Waals surface area contributed by atoms with Crippen LogP contribution in [0.4, 0.5) is 0 Å². The van der Waals surface area contributed by atoms with E-state index >= 15 is 0 Å². The van der Waals surface area contributed by atoms with Gasteiger partial charge in [-0.3, -0.25) is 10.2 Å². The number of carbonyl (C=O) groups is 1. The summed E-state index contributed by atoms with van der Waals surface area (Å²) < 4.78 is 3.77. The van der Waals surface area contributed by atoms with Gasteiger partial charge < -0.3 is 4.57 Å². The number of aromatic nitrogens is 3. The summed E-state index contributed by atoms with van der Waals surface area (Å²) in [6.07, 6.45) is 5.22. The molecule has 1 saturated heterocycles. The summed E-state index contributed by atoms with van der Waals surface area (Å²) in [4.78, 5) is 13.3. The van der Waals surface area contributed by atoms with Crippen molar-refractivity contribution in [2.24, 2.45) is 0 Å². The zero-order valence-electron chi connectivity index (χ0n) is 16.9. The Hall–Kier alpha value is -1.99. The average molecular weight is 479 g/mol. The summed E-state index contributed by atoms with van der Waals surface area (Å²) in [5.41, 5.74) is 6.82. The topological polar surface area (TPSA) is 55.1 Å². The SMILES string of the molecule is O=C(NN1CCCCCC1)c1nn(-c2ccc(Cl)cc2Cl)c2c1CCn1c(Cl)ccc1-2. The van der Waals surface area contributed by atoms with Crippen molar-refractivity contribution in [1.82, 2.24) is 24.8 Å². The van der Waals surface area contributed by atoms with E-state index < -0.39 is 0 Å². The lowest BCUT2D eigenvalue weighted by molar-refractivity contribution is 0.0787. The van der Waals surface area contributed by atoms with E-state index in [1.807, 2.05) is 27.8 Å². The van der Waals surface area contributed by atoms with Crippen LogP contribution in [0.5, 0.6) is 0 Å². The van der Waals surface area contributed by atoms with E-state index in [2.05, 4.69) is 5.43 Å². The highest BCUT2D eigenvalue weighted by atomic mass is 35.5. The van der Waals surface area contributed by atoms with Gasteiger partial charge in [0.2, 0.25) is 0 Å². The molecule has 162 valence electrons. The third kappa shape index (κ3) is 3.87. The van der Waals surface area contributed by atoms with Crippen molar-refractivity contribution >= 4 is 40.7 Å². The van der Waals surface area contributed by atoms with Gasteiger partial charge in [-0.1, -0.05) is 47.6 Å². The Balaban J connectivity index is 1.60. The number of benzene rings is 1. The first kappa shape index (κ1) is 20.9. The van der Waals surface area contributed by atoms with Gasteiger partial charge in [-0.25, -0.2) is 9.69 Å². The van der Waals surface area contributed by atoms with Gasteiger partial charge in [-0.2, -0.15) is 5.10 Å². The zero-order chi connectivity index (χ0) is 21.5. The van der Waals surface area contributed by atoms with E-state index in [4.69, 9.17) is 39.9 Å². The second-order valence-corrected chi connectivity index (χ2v) is 9.20. The molecule has 9 heteroatoms. The molecule has 1 aromatic carbocycles. The second-order valence-electron chi connectivity index (χ2n) is 7.97. The van der Waals surface area contributed by atoms with Crippen molar-refractivity contribution in [2.45, 2.75) is 38.6 Å². The minimum Gasteiger partial charge on any atom is -0.330 e. The number of fused-ring (bicyclic) bond motifs is 3. The van der Waals surface area contributed by atoms with Crippen LogP contribution < -0.4 is 5.43 Å². The van der Waals surface area contributed by atoms with Crippen molar-refractivity contribution in [3.8, 4) is 17.1 Å². The fourth-order valence-electron chi connectivity index (χ4n) is 4.44. The van der Waals surface area contributed by atoms with Crippen LogP contribution in [0, 0.1) is 0 Å². The summed E-state index contributed by atoms with van der Waals surface area (Å²) in [6, 6.07) is 9.08. The molecule has 2 aliphatic rings. The van der Waals surface area contributed by atoms with Crippen LogP contribution in [-0.4, -0.2) is 38.4 Å². The summed E-state index contributed by atoms with van der Waals surface area (Å²) in [6.45, 7) is 2.41. The Kier molecular flexibility index (Phi) is 5.73. The summed E-state index contributed by atoms with van der Waals surface area (Å²) >= 11 is 19.0. The van der Waals surface area contributed by atoms with Crippen LogP contribution in [0.2, 0.25) is 15.2 Å². The van der Waals surface area contributed by atoms with Crippen LogP contribution in [0.3, 0.4) is 0 Å². The largest absolute Gasteiger partial charge is 0.330 e. The van der Waals surface area contributed by atoms with E-state index in [1.165, 1.54) is 12.8 Å². The van der Waals surface area contributed by atoms with Crippen molar-refractivity contribution in [2.75, 3.05) is 13.1 Å². The molecule has 2 aliphatic heterocycles. The maximum atomic E-state index is 13.3. The molecule has 31 heavy (non-hydrogen) atoms. The molecule has 0 radical (unpaired) electrons. The minimum atomic E-state index is -0.187. The lowest BCUT2D eigenvalue weighted by atomic mass is 10.0. The monoisotopic (exact) mass is 477 g/mol. The van der Waals surface area contributed by atoms with E-state index in [0.29, 0.717) is 39.5 Å². The standard InChI is InChI=1S/C22H22Cl3N5O/c23-14-5-6-17(16(24)13-14)30-21-15(9-12-29-18(21)7-8-19(29)25)20(26-30)22(31)27-28-10-3-1-2-4-11-28/h5-8,13H,1-4,9-12H2,(H,27,31). The van der Waals surface area contributed by atoms with Crippen molar-refractivity contribution in [3.05, 3.63) is 56.8 Å². The van der Waals surface area contributed by atoms with E-state index in [-0.39, 0.29) is 5.91 Å². The zero-order valence-corrected chi connectivity index (χ0v) is 19.1. The Labute approximate surface area is 195 Å². The third-order valence-corrected chi connectivity index (χ3v) is 6.83. The number of nitrogens with zero attached hydrogens (tertiary/aromatic N) is 4. The summed E-state index contributed by atoms with van der Waals surface area (Å²) in [5.74, 6) is -0.187. The first-order valence-electron chi connectivity index (χ1n) is 10.5. The number of rotatable bonds is 3. The molecule has 0 aliphatic carbocycles. The van der Waals surface area contributed by atoms with Gasteiger partial charge in [0.25, 0.3) is 5.91 Å². The number of halogens is 3. The Morgan fingerprint density at radius 3 is 2.48 bits per heavy atom. The highest BCUT2D eigenvalue weighted by Crippen LogP contribution is 2.38. The van der Waals surface area contributed by atoms with Crippen LogP contribution in [0.25, 0.3) is 17.1 Å². The van der Waals surface area contributed by atoms with E-state index in [9.17, 15) is 4.79 Å². The lowest BCUT2D eigenvalue weighted by Gasteiger charge is -2.21. The smallest absolute Gasteiger partial charge is 0.286 e. The molecule has 5 rings (SSSR count). The third-order valence-electron chi connectivity index (χ3n) is 5.96. The van der Waals surface area contributed by atoms with Gasteiger partial charge in [0.15, 0.2) is 5.69 Å². The molecule has 1 fully saturated rings.